The minimum absolute atomic E-state index is 0.152. The Kier molecular flexibility index (Phi) is 6.68. The number of anilines is 1. The van der Waals surface area contributed by atoms with Gasteiger partial charge >= 0.3 is 11.7 Å². The van der Waals surface area contributed by atoms with E-state index in [-0.39, 0.29) is 11.8 Å². The van der Waals surface area contributed by atoms with E-state index in [1.165, 1.54) is 18.3 Å². The van der Waals surface area contributed by atoms with Gasteiger partial charge in [0.1, 0.15) is 17.2 Å². The number of ether oxygens (including phenoxy) is 1. The molecule has 1 N–H and O–H groups in total. The molecule has 2 aromatic rings. The zero-order chi connectivity index (χ0) is 22.9. The van der Waals surface area contributed by atoms with Crippen molar-refractivity contribution < 1.29 is 28.0 Å². The van der Waals surface area contributed by atoms with E-state index in [0.29, 0.717) is 17.0 Å². The first kappa shape index (κ1) is 22.8. The van der Waals surface area contributed by atoms with Crippen LogP contribution < -0.4 is 5.32 Å². The molecule has 0 aliphatic heterocycles. The number of aryl methyl sites for hydroxylation is 1. The molecule has 1 aliphatic rings. The summed E-state index contributed by atoms with van der Waals surface area (Å²) in [5, 5.41) is 17.7. The van der Waals surface area contributed by atoms with Crippen LogP contribution in [-0.4, -0.2) is 32.7 Å². The molecule has 0 aromatic carbocycles. The zero-order valence-corrected chi connectivity index (χ0v) is 18.1. The first-order valence-electron chi connectivity index (χ1n) is 9.75. The van der Waals surface area contributed by atoms with Gasteiger partial charge in [0.05, 0.1) is 16.6 Å². The van der Waals surface area contributed by atoms with Crippen LogP contribution in [0.3, 0.4) is 0 Å². The standard InChI is InChI=1S/C19H22F2N4O5S/c1-9(2)30-19(27)14-11-6-4-5-7-12(11)31-18(14)22-13(26)8-24-10(3)16(25(28)29)15(23-24)17(20)21/h9,17H,4-8H2,1-3H3,(H,22,26). The van der Waals surface area contributed by atoms with Crippen molar-refractivity contribution in [2.24, 2.45) is 0 Å². The monoisotopic (exact) mass is 456 g/mol. The third kappa shape index (κ3) is 4.73. The molecule has 2 heterocycles. The van der Waals surface area contributed by atoms with Crippen LogP contribution in [0.15, 0.2) is 0 Å². The van der Waals surface area contributed by atoms with E-state index in [4.69, 9.17) is 4.74 Å². The van der Waals surface area contributed by atoms with Gasteiger partial charge in [0.15, 0.2) is 0 Å². The van der Waals surface area contributed by atoms with E-state index in [9.17, 15) is 28.5 Å². The lowest BCUT2D eigenvalue weighted by molar-refractivity contribution is -0.386. The Bertz CT molecular complexity index is 1030. The van der Waals surface area contributed by atoms with Gasteiger partial charge in [-0.05, 0) is 52.0 Å². The number of hydrogen-bond donors (Lipinski definition) is 1. The van der Waals surface area contributed by atoms with Crippen molar-refractivity contribution in [3.05, 3.63) is 37.5 Å². The Morgan fingerprint density at radius 3 is 2.58 bits per heavy atom. The molecule has 3 rings (SSSR count). The molecule has 12 heteroatoms. The second-order valence-electron chi connectivity index (χ2n) is 7.45. The Balaban J connectivity index is 1.88. The molecule has 1 amide bonds. The number of carbonyl (C=O) groups is 2. The molecule has 0 fully saturated rings. The largest absolute Gasteiger partial charge is 0.459 e. The van der Waals surface area contributed by atoms with Crippen LogP contribution >= 0.6 is 11.3 Å². The SMILES string of the molecule is Cc1c([N+](=O)[O-])c(C(F)F)nn1CC(=O)Nc1sc2c(c1C(=O)OC(C)C)CCCC2. The third-order valence-corrected chi connectivity index (χ3v) is 6.06. The molecule has 0 unspecified atom stereocenters. The number of fused-ring (bicyclic) bond motifs is 1. The maximum absolute atomic E-state index is 13.1. The predicted molar refractivity (Wildman–Crippen MR) is 109 cm³/mol. The van der Waals surface area contributed by atoms with Crippen molar-refractivity contribution in [2.75, 3.05) is 5.32 Å². The van der Waals surface area contributed by atoms with Crippen LogP contribution in [0.5, 0.6) is 0 Å². The number of hydrogen-bond acceptors (Lipinski definition) is 7. The summed E-state index contributed by atoms with van der Waals surface area (Å²) in [7, 11) is 0. The zero-order valence-electron chi connectivity index (χ0n) is 17.2. The summed E-state index contributed by atoms with van der Waals surface area (Å²) in [6, 6.07) is 0. The van der Waals surface area contributed by atoms with Crippen LogP contribution in [0, 0.1) is 17.0 Å². The quantitative estimate of drug-likeness (QED) is 0.380. The van der Waals surface area contributed by atoms with Gasteiger partial charge in [-0.2, -0.15) is 5.10 Å². The van der Waals surface area contributed by atoms with Crippen molar-refractivity contribution >= 4 is 33.9 Å². The highest BCUT2D eigenvalue weighted by molar-refractivity contribution is 7.17. The van der Waals surface area contributed by atoms with Gasteiger partial charge in [0.25, 0.3) is 6.43 Å². The van der Waals surface area contributed by atoms with E-state index in [0.717, 1.165) is 34.4 Å². The lowest BCUT2D eigenvalue weighted by Crippen LogP contribution is -2.22. The summed E-state index contributed by atoms with van der Waals surface area (Å²) in [5.41, 5.74) is -0.764. The molecular weight excluding hydrogens is 434 g/mol. The van der Waals surface area contributed by atoms with Crippen molar-refractivity contribution in [3.63, 3.8) is 0 Å². The first-order valence-corrected chi connectivity index (χ1v) is 10.6. The number of esters is 1. The molecule has 9 nitrogen and oxygen atoms in total. The third-order valence-electron chi connectivity index (χ3n) is 4.85. The molecule has 0 atom stereocenters. The van der Waals surface area contributed by atoms with Gasteiger partial charge in [-0.3, -0.25) is 19.6 Å². The number of amides is 1. The smallest absolute Gasteiger partial charge is 0.341 e. The molecule has 2 aromatic heterocycles. The number of nitro groups is 1. The topological polar surface area (TPSA) is 116 Å². The number of aromatic nitrogens is 2. The number of alkyl halides is 2. The van der Waals surface area contributed by atoms with Gasteiger partial charge in [-0.1, -0.05) is 0 Å². The summed E-state index contributed by atoms with van der Waals surface area (Å²) in [5.74, 6) is -1.17. The lowest BCUT2D eigenvalue weighted by atomic mass is 9.95. The van der Waals surface area contributed by atoms with E-state index in [2.05, 4.69) is 10.4 Å². The van der Waals surface area contributed by atoms with Crippen LogP contribution in [0.2, 0.25) is 0 Å². The summed E-state index contributed by atoms with van der Waals surface area (Å²) < 4.78 is 32.4. The van der Waals surface area contributed by atoms with Gasteiger partial charge in [-0.15, -0.1) is 11.3 Å². The van der Waals surface area contributed by atoms with Crippen molar-refractivity contribution in [2.45, 2.75) is 65.5 Å². The second-order valence-corrected chi connectivity index (χ2v) is 8.56. The number of halogens is 2. The van der Waals surface area contributed by atoms with Crippen molar-refractivity contribution in [1.29, 1.82) is 0 Å². The van der Waals surface area contributed by atoms with E-state index >= 15 is 0 Å². The minimum Gasteiger partial charge on any atom is -0.459 e. The molecule has 0 radical (unpaired) electrons. The van der Waals surface area contributed by atoms with Crippen molar-refractivity contribution in [1.82, 2.24) is 9.78 Å². The molecule has 168 valence electrons. The van der Waals surface area contributed by atoms with Gasteiger partial charge < -0.3 is 10.1 Å². The summed E-state index contributed by atoms with van der Waals surface area (Å²) in [6.07, 6.45) is -0.0930. The van der Waals surface area contributed by atoms with Gasteiger partial charge in [-0.25, -0.2) is 13.6 Å². The average Bonchev–Trinajstić information content (AvgIpc) is 3.18. The maximum atomic E-state index is 13.1. The van der Waals surface area contributed by atoms with E-state index < -0.39 is 41.2 Å². The summed E-state index contributed by atoms with van der Waals surface area (Å²) >= 11 is 1.29. The molecular formula is C19H22F2N4O5S. The predicted octanol–water partition coefficient (Wildman–Crippen LogP) is 4.18. The molecule has 0 bridgehead atoms. The van der Waals surface area contributed by atoms with Crippen LogP contribution in [0.25, 0.3) is 0 Å². The lowest BCUT2D eigenvalue weighted by Gasteiger charge is -2.14. The molecule has 31 heavy (non-hydrogen) atoms. The Morgan fingerprint density at radius 1 is 1.32 bits per heavy atom. The van der Waals surface area contributed by atoms with Gasteiger partial charge in [0.2, 0.25) is 11.6 Å². The Labute approximate surface area is 180 Å². The molecule has 0 saturated heterocycles. The number of rotatable bonds is 7. The fourth-order valence-corrected chi connectivity index (χ4v) is 4.83. The maximum Gasteiger partial charge on any atom is 0.341 e. The Morgan fingerprint density at radius 2 is 2.00 bits per heavy atom. The second kappa shape index (κ2) is 9.08. The number of nitrogens with one attached hydrogen (secondary N) is 1. The normalized spacial score (nSPS) is 13.4. The number of thiophene rings is 1. The van der Waals surface area contributed by atoms with Crippen LogP contribution in [0.4, 0.5) is 19.5 Å². The number of nitrogens with zero attached hydrogens (tertiary/aromatic N) is 3. The Hall–Kier alpha value is -2.89. The molecule has 0 spiro atoms. The van der Waals surface area contributed by atoms with Crippen molar-refractivity contribution in [3.8, 4) is 0 Å². The average molecular weight is 456 g/mol. The fraction of sp³-hybridized carbons (Fsp3) is 0.526. The number of carbonyl (C=O) groups excluding carboxylic acids is 2. The molecule has 1 aliphatic carbocycles. The van der Waals surface area contributed by atoms with E-state index in [1.54, 1.807) is 13.8 Å². The van der Waals surface area contributed by atoms with Crippen LogP contribution in [0.1, 0.15) is 65.3 Å². The van der Waals surface area contributed by atoms with Gasteiger partial charge in [0, 0.05) is 4.88 Å². The molecule has 0 saturated carbocycles. The first-order chi connectivity index (χ1) is 14.6. The highest BCUT2D eigenvalue weighted by Crippen LogP contribution is 2.39. The summed E-state index contributed by atoms with van der Waals surface area (Å²) in [6.45, 7) is 4.19. The van der Waals surface area contributed by atoms with Crippen LogP contribution in [-0.2, 0) is 28.9 Å². The highest BCUT2D eigenvalue weighted by atomic mass is 32.1. The highest BCUT2D eigenvalue weighted by Gasteiger charge is 2.32. The van der Waals surface area contributed by atoms with E-state index in [1.807, 2.05) is 0 Å². The minimum atomic E-state index is -3.15. The summed E-state index contributed by atoms with van der Waals surface area (Å²) in [4.78, 5) is 36.5. The fourth-order valence-electron chi connectivity index (χ4n) is 3.53.